The molecule has 0 spiro atoms. The number of thiol groups is 1. The monoisotopic (exact) mass is 266 g/mol. The number of hydrogen-bond acceptors (Lipinski definition) is 7. The van der Waals surface area contributed by atoms with Crippen LogP contribution in [0, 0.1) is 0 Å². The second-order valence-electron chi connectivity index (χ2n) is 3.25. The predicted molar refractivity (Wildman–Crippen MR) is 68.5 cm³/mol. The quantitative estimate of drug-likeness (QED) is 0.335. The first-order valence-corrected chi connectivity index (χ1v) is 6.92. The van der Waals surface area contributed by atoms with E-state index in [0.29, 0.717) is 18.6 Å². The van der Waals surface area contributed by atoms with Gasteiger partial charge >= 0.3 is 11.9 Å². The Labute approximate surface area is 105 Å². The fourth-order valence-electron chi connectivity index (χ4n) is 0.870. The van der Waals surface area contributed by atoms with Gasteiger partial charge in [0.25, 0.3) is 0 Å². The van der Waals surface area contributed by atoms with Crippen molar-refractivity contribution >= 4 is 36.3 Å². The number of esters is 2. The lowest BCUT2D eigenvalue weighted by Gasteiger charge is -2.12. The molecule has 0 unspecified atom stereocenters. The third-order valence-corrected chi connectivity index (χ3v) is 2.78. The zero-order valence-corrected chi connectivity index (χ0v) is 10.9. The van der Waals surface area contributed by atoms with E-state index in [0.717, 1.165) is 5.75 Å². The predicted octanol–water partition coefficient (Wildman–Crippen LogP) is -0.216. The van der Waals surface area contributed by atoms with Gasteiger partial charge in [-0.3, -0.25) is 0 Å². The van der Waals surface area contributed by atoms with Gasteiger partial charge in [-0.1, -0.05) is 0 Å². The topological polar surface area (TPSA) is 95.4 Å². The lowest BCUT2D eigenvalue weighted by molar-refractivity contribution is -0.161. The Balaban J connectivity index is 3.98. The van der Waals surface area contributed by atoms with Crippen molar-refractivity contribution in [2.45, 2.75) is 24.9 Å². The third kappa shape index (κ3) is 6.37. The summed E-state index contributed by atoms with van der Waals surface area (Å²) in [4.78, 5) is 22.6. The van der Waals surface area contributed by atoms with Gasteiger partial charge in [0, 0.05) is 0 Å². The van der Waals surface area contributed by atoms with Crippen molar-refractivity contribution in [3.8, 4) is 0 Å². The standard InChI is InChI=1S/C9H18N2O3S2/c1-16-5-3-7(11)9(13)14-8(12)6(10)2-4-15/h6-7,15H,2-5,10-11H2,1H3/t6-,7+/m1/s1. The van der Waals surface area contributed by atoms with Crippen molar-refractivity contribution in [2.24, 2.45) is 11.5 Å². The normalized spacial score (nSPS) is 14.2. The first kappa shape index (κ1) is 15.8. The number of hydrogen-bond donors (Lipinski definition) is 3. The van der Waals surface area contributed by atoms with Crippen LogP contribution in [-0.2, 0) is 14.3 Å². The lowest BCUT2D eigenvalue weighted by Crippen LogP contribution is -2.40. The maximum absolute atomic E-state index is 11.3. The Hall–Kier alpha value is -0.240. The highest BCUT2D eigenvalue weighted by Crippen LogP contribution is 2.02. The molecule has 0 aliphatic rings. The van der Waals surface area contributed by atoms with Crippen molar-refractivity contribution in [3.05, 3.63) is 0 Å². The van der Waals surface area contributed by atoms with E-state index < -0.39 is 24.0 Å². The fourth-order valence-corrected chi connectivity index (χ4v) is 1.64. The van der Waals surface area contributed by atoms with Gasteiger partial charge in [0.2, 0.25) is 0 Å². The number of ether oxygens (including phenoxy) is 1. The molecule has 7 heteroatoms. The average molecular weight is 266 g/mol. The van der Waals surface area contributed by atoms with E-state index in [1.807, 2.05) is 6.26 Å². The Morgan fingerprint density at radius 2 is 1.75 bits per heavy atom. The Bertz CT molecular complexity index is 239. The molecular formula is C9H18N2O3S2. The van der Waals surface area contributed by atoms with Crippen molar-refractivity contribution in [2.75, 3.05) is 17.8 Å². The van der Waals surface area contributed by atoms with Gasteiger partial charge in [0.1, 0.15) is 12.1 Å². The third-order valence-electron chi connectivity index (χ3n) is 1.88. The summed E-state index contributed by atoms with van der Waals surface area (Å²) in [5.41, 5.74) is 11.0. The maximum Gasteiger partial charge on any atom is 0.330 e. The minimum atomic E-state index is -0.811. The smallest absolute Gasteiger partial charge is 0.330 e. The molecule has 0 rings (SSSR count). The van der Waals surface area contributed by atoms with Crippen LogP contribution in [0.2, 0.25) is 0 Å². The van der Waals surface area contributed by atoms with Crippen LogP contribution in [-0.4, -0.2) is 41.8 Å². The molecular weight excluding hydrogens is 248 g/mol. The Morgan fingerprint density at radius 3 is 2.19 bits per heavy atom. The van der Waals surface area contributed by atoms with Crippen molar-refractivity contribution in [3.63, 3.8) is 0 Å². The van der Waals surface area contributed by atoms with E-state index in [-0.39, 0.29) is 0 Å². The van der Waals surface area contributed by atoms with Crippen LogP contribution in [0.4, 0.5) is 0 Å². The molecule has 0 amide bonds. The highest BCUT2D eigenvalue weighted by atomic mass is 32.2. The van der Waals surface area contributed by atoms with Gasteiger partial charge in [-0.05, 0) is 30.6 Å². The lowest BCUT2D eigenvalue weighted by atomic mass is 10.2. The first-order chi connectivity index (χ1) is 7.52. The first-order valence-electron chi connectivity index (χ1n) is 4.89. The molecule has 0 aromatic heterocycles. The summed E-state index contributed by atoms with van der Waals surface area (Å²) >= 11 is 5.50. The summed E-state index contributed by atoms with van der Waals surface area (Å²) < 4.78 is 4.55. The number of rotatable bonds is 7. The van der Waals surface area contributed by atoms with E-state index in [9.17, 15) is 9.59 Å². The molecule has 0 radical (unpaired) electrons. The summed E-state index contributed by atoms with van der Waals surface area (Å²) in [5.74, 6) is -0.247. The highest BCUT2D eigenvalue weighted by molar-refractivity contribution is 7.98. The molecule has 16 heavy (non-hydrogen) atoms. The van der Waals surface area contributed by atoms with Gasteiger partial charge < -0.3 is 16.2 Å². The average Bonchev–Trinajstić information content (AvgIpc) is 2.25. The van der Waals surface area contributed by atoms with Gasteiger partial charge in [-0.2, -0.15) is 24.4 Å². The summed E-state index contributed by atoms with van der Waals surface area (Å²) in [7, 11) is 0. The molecule has 0 saturated carbocycles. The Kier molecular flexibility index (Phi) is 8.73. The van der Waals surface area contributed by atoms with E-state index in [1.165, 1.54) is 0 Å². The van der Waals surface area contributed by atoms with Gasteiger partial charge in [0.15, 0.2) is 0 Å². The van der Waals surface area contributed by atoms with Crippen molar-refractivity contribution in [1.29, 1.82) is 0 Å². The molecule has 4 N–H and O–H groups in total. The van der Waals surface area contributed by atoms with Gasteiger partial charge in [-0.25, -0.2) is 9.59 Å². The second kappa shape index (κ2) is 8.86. The van der Waals surface area contributed by atoms with Crippen LogP contribution in [0.25, 0.3) is 0 Å². The van der Waals surface area contributed by atoms with Crippen molar-refractivity contribution < 1.29 is 14.3 Å². The summed E-state index contributed by atoms with van der Waals surface area (Å²) in [6, 6.07) is -1.58. The van der Waals surface area contributed by atoms with Crippen LogP contribution >= 0.6 is 24.4 Å². The van der Waals surface area contributed by atoms with E-state index in [1.54, 1.807) is 11.8 Å². The molecule has 0 aromatic rings. The van der Waals surface area contributed by atoms with E-state index in [2.05, 4.69) is 17.4 Å². The minimum absolute atomic E-state index is 0.370. The SMILES string of the molecule is CSCC[C@H](N)C(=O)OC(=O)[C@H](N)CCS. The molecule has 94 valence electrons. The van der Waals surface area contributed by atoms with Gasteiger partial charge in [0.05, 0.1) is 0 Å². The number of carbonyl (C=O) groups is 2. The molecule has 0 aromatic carbocycles. The van der Waals surface area contributed by atoms with Crippen LogP contribution in [0.15, 0.2) is 0 Å². The highest BCUT2D eigenvalue weighted by Gasteiger charge is 2.22. The number of thioether (sulfide) groups is 1. The zero-order chi connectivity index (χ0) is 12.6. The number of carbonyl (C=O) groups excluding carboxylic acids is 2. The van der Waals surface area contributed by atoms with Crippen LogP contribution in [0.3, 0.4) is 0 Å². The van der Waals surface area contributed by atoms with Crippen LogP contribution < -0.4 is 11.5 Å². The maximum atomic E-state index is 11.3. The van der Waals surface area contributed by atoms with E-state index in [4.69, 9.17) is 11.5 Å². The van der Waals surface area contributed by atoms with Crippen LogP contribution in [0.5, 0.6) is 0 Å². The summed E-state index contributed by atoms with van der Waals surface area (Å²) in [6.45, 7) is 0. The molecule has 0 heterocycles. The summed E-state index contributed by atoms with van der Waals surface area (Å²) in [5, 5.41) is 0. The zero-order valence-electron chi connectivity index (χ0n) is 9.22. The fraction of sp³-hybridized carbons (Fsp3) is 0.778. The Morgan fingerprint density at radius 1 is 1.25 bits per heavy atom. The largest absolute Gasteiger partial charge is 0.391 e. The van der Waals surface area contributed by atoms with Gasteiger partial charge in [-0.15, -0.1) is 0 Å². The number of nitrogens with two attached hydrogens (primary N) is 2. The minimum Gasteiger partial charge on any atom is -0.391 e. The molecule has 0 aliphatic carbocycles. The molecule has 5 nitrogen and oxygen atoms in total. The summed E-state index contributed by atoms with van der Waals surface area (Å²) in [6.07, 6.45) is 2.76. The van der Waals surface area contributed by atoms with Crippen molar-refractivity contribution in [1.82, 2.24) is 0 Å². The van der Waals surface area contributed by atoms with E-state index >= 15 is 0 Å². The second-order valence-corrected chi connectivity index (χ2v) is 4.68. The molecule has 0 bridgehead atoms. The molecule has 2 atom stereocenters. The molecule has 0 aliphatic heterocycles. The molecule has 0 fully saturated rings. The molecule has 0 saturated heterocycles. The van der Waals surface area contributed by atoms with Crippen LogP contribution in [0.1, 0.15) is 12.8 Å².